The van der Waals surface area contributed by atoms with Crippen LogP contribution in [-0.4, -0.2) is 41.1 Å². The summed E-state index contributed by atoms with van der Waals surface area (Å²) in [6.07, 6.45) is 1.88. The van der Waals surface area contributed by atoms with Crippen molar-refractivity contribution in [3.8, 4) is 5.75 Å². The molecule has 144 valence electrons. The third-order valence-corrected chi connectivity index (χ3v) is 5.06. The number of carbonyl (C=O) groups is 1. The van der Waals surface area contributed by atoms with Crippen molar-refractivity contribution in [2.24, 2.45) is 0 Å². The van der Waals surface area contributed by atoms with Crippen LogP contribution >= 0.6 is 0 Å². The van der Waals surface area contributed by atoms with Crippen LogP contribution in [0.2, 0.25) is 0 Å². The fraction of sp³-hybridized carbons (Fsp3) is 0.318. The summed E-state index contributed by atoms with van der Waals surface area (Å²) in [5.74, 6) is 2.44. The third-order valence-electron chi connectivity index (χ3n) is 5.06. The first kappa shape index (κ1) is 18.2. The molecule has 1 aliphatic rings. The highest BCUT2D eigenvalue weighted by Crippen LogP contribution is 2.27. The van der Waals surface area contributed by atoms with Crippen LogP contribution in [0.25, 0.3) is 0 Å². The molecule has 0 saturated carbocycles. The SMILES string of the molecule is COc1ccc(CCC(=O)N2CC(c3nc(Cc4ccccc4)no3)C2)cc1. The molecule has 0 aliphatic carbocycles. The summed E-state index contributed by atoms with van der Waals surface area (Å²) in [7, 11) is 1.65. The van der Waals surface area contributed by atoms with E-state index in [1.54, 1.807) is 7.11 Å². The standard InChI is InChI=1S/C22H23N3O3/c1-27-19-10-7-16(8-11-19)9-12-21(26)25-14-18(15-25)22-23-20(24-28-22)13-17-5-3-2-4-6-17/h2-8,10-11,18H,9,12-15H2,1H3. The molecule has 0 spiro atoms. The van der Waals surface area contributed by atoms with Gasteiger partial charge in [0.15, 0.2) is 5.82 Å². The molecule has 0 N–H and O–H groups in total. The zero-order valence-electron chi connectivity index (χ0n) is 15.9. The summed E-state index contributed by atoms with van der Waals surface area (Å²) in [5.41, 5.74) is 2.28. The number of likely N-dealkylation sites (tertiary alicyclic amines) is 1. The Balaban J connectivity index is 1.24. The molecule has 0 bridgehead atoms. The highest BCUT2D eigenvalue weighted by Gasteiger charge is 2.35. The zero-order valence-corrected chi connectivity index (χ0v) is 15.9. The fourth-order valence-electron chi connectivity index (χ4n) is 3.32. The van der Waals surface area contributed by atoms with Gasteiger partial charge in [-0.1, -0.05) is 47.6 Å². The lowest BCUT2D eigenvalue weighted by Crippen LogP contribution is -2.48. The second-order valence-corrected chi connectivity index (χ2v) is 7.05. The van der Waals surface area contributed by atoms with Gasteiger partial charge in [0.25, 0.3) is 0 Å². The van der Waals surface area contributed by atoms with Gasteiger partial charge in [0.1, 0.15) is 5.75 Å². The van der Waals surface area contributed by atoms with Gasteiger partial charge in [-0.15, -0.1) is 0 Å². The number of amides is 1. The second kappa shape index (κ2) is 8.25. The van der Waals surface area contributed by atoms with Crippen LogP contribution in [0, 0.1) is 0 Å². The molecular formula is C22H23N3O3. The maximum Gasteiger partial charge on any atom is 0.233 e. The number of aryl methyl sites for hydroxylation is 1. The van der Waals surface area contributed by atoms with Crippen LogP contribution in [0.5, 0.6) is 5.75 Å². The summed E-state index contributed by atoms with van der Waals surface area (Å²) in [6, 6.07) is 17.9. The van der Waals surface area contributed by atoms with E-state index >= 15 is 0 Å². The van der Waals surface area contributed by atoms with Crippen molar-refractivity contribution in [3.63, 3.8) is 0 Å². The van der Waals surface area contributed by atoms with Gasteiger partial charge in [0.05, 0.1) is 13.0 Å². The molecule has 0 atom stereocenters. The summed E-state index contributed by atoms with van der Waals surface area (Å²) < 4.78 is 10.6. The Kier molecular flexibility index (Phi) is 5.37. The van der Waals surface area contributed by atoms with Gasteiger partial charge in [-0.05, 0) is 29.7 Å². The minimum Gasteiger partial charge on any atom is -0.497 e. The first-order chi connectivity index (χ1) is 13.7. The molecule has 0 radical (unpaired) electrons. The van der Waals surface area contributed by atoms with E-state index in [2.05, 4.69) is 10.1 Å². The van der Waals surface area contributed by atoms with E-state index in [0.717, 1.165) is 23.3 Å². The largest absolute Gasteiger partial charge is 0.497 e. The van der Waals surface area contributed by atoms with Crippen LogP contribution in [0.15, 0.2) is 59.1 Å². The molecule has 1 aromatic heterocycles. The average Bonchev–Trinajstić information content (AvgIpc) is 3.14. The van der Waals surface area contributed by atoms with E-state index in [1.165, 1.54) is 0 Å². The van der Waals surface area contributed by atoms with Crippen molar-refractivity contribution < 1.29 is 14.1 Å². The highest BCUT2D eigenvalue weighted by molar-refractivity contribution is 5.77. The Hall–Kier alpha value is -3.15. The normalized spacial score (nSPS) is 14.0. The first-order valence-electron chi connectivity index (χ1n) is 9.48. The van der Waals surface area contributed by atoms with Gasteiger partial charge in [-0.2, -0.15) is 4.98 Å². The average molecular weight is 377 g/mol. The number of hydrogen-bond donors (Lipinski definition) is 0. The van der Waals surface area contributed by atoms with E-state index in [-0.39, 0.29) is 11.8 Å². The molecule has 28 heavy (non-hydrogen) atoms. The van der Waals surface area contributed by atoms with Gasteiger partial charge in [0.2, 0.25) is 11.8 Å². The van der Waals surface area contributed by atoms with Crippen LogP contribution < -0.4 is 4.74 Å². The number of carbonyl (C=O) groups excluding carboxylic acids is 1. The van der Waals surface area contributed by atoms with E-state index in [1.807, 2.05) is 59.5 Å². The number of hydrogen-bond acceptors (Lipinski definition) is 5. The Bertz CT molecular complexity index is 916. The van der Waals surface area contributed by atoms with Crippen LogP contribution in [0.4, 0.5) is 0 Å². The molecule has 1 amide bonds. The molecule has 3 aromatic rings. The number of nitrogens with zero attached hydrogens (tertiary/aromatic N) is 3. The predicted octanol–water partition coefficient (Wildman–Crippen LogP) is 3.23. The summed E-state index contributed by atoms with van der Waals surface area (Å²) in [5, 5.41) is 4.07. The topological polar surface area (TPSA) is 68.5 Å². The van der Waals surface area contributed by atoms with Crippen molar-refractivity contribution in [2.45, 2.75) is 25.2 Å². The lowest BCUT2D eigenvalue weighted by atomic mass is 9.99. The molecule has 4 rings (SSSR count). The molecule has 1 fully saturated rings. The quantitative estimate of drug-likeness (QED) is 0.632. The van der Waals surface area contributed by atoms with Gasteiger partial charge in [-0.25, -0.2) is 0 Å². The lowest BCUT2D eigenvalue weighted by molar-refractivity contribution is -0.135. The molecule has 6 nitrogen and oxygen atoms in total. The van der Waals surface area contributed by atoms with E-state index in [4.69, 9.17) is 9.26 Å². The Morgan fingerprint density at radius 3 is 2.57 bits per heavy atom. The van der Waals surface area contributed by atoms with Crippen LogP contribution in [0.3, 0.4) is 0 Å². The van der Waals surface area contributed by atoms with E-state index in [9.17, 15) is 4.79 Å². The molecule has 1 aliphatic heterocycles. The number of methoxy groups -OCH3 is 1. The van der Waals surface area contributed by atoms with Crippen LogP contribution in [-0.2, 0) is 17.6 Å². The molecule has 1 saturated heterocycles. The predicted molar refractivity (Wildman–Crippen MR) is 104 cm³/mol. The number of rotatable bonds is 7. The third kappa shape index (κ3) is 4.22. The molecule has 2 heterocycles. The maximum absolute atomic E-state index is 12.4. The Morgan fingerprint density at radius 2 is 1.86 bits per heavy atom. The van der Waals surface area contributed by atoms with Crippen molar-refractivity contribution in [3.05, 3.63) is 77.4 Å². The molecular weight excluding hydrogens is 354 g/mol. The van der Waals surface area contributed by atoms with Crippen molar-refractivity contribution in [1.82, 2.24) is 15.0 Å². The zero-order chi connectivity index (χ0) is 19.3. The molecule has 2 aromatic carbocycles. The summed E-state index contributed by atoms with van der Waals surface area (Å²) >= 11 is 0. The summed E-state index contributed by atoms with van der Waals surface area (Å²) in [4.78, 5) is 18.7. The number of ether oxygens (including phenoxy) is 1. The van der Waals surface area contributed by atoms with Gasteiger partial charge < -0.3 is 14.2 Å². The van der Waals surface area contributed by atoms with Crippen molar-refractivity contribution in [2.75, 3.05) is 20.2 Å². The number of aromatic nitrogens is 2. The smallest absolute Gasteiger partial charge is 0.233 e. The Labute approximate surface area is 164 Å². The van der Waals surface area contributed by atoms with Gasteiger partial charge in [-0.3, -0.25) is 4.79 Å². The number of benzene rings is 2. The van der Waals surface area contributed by atoms with E-state index < -0.39 is 0 Å². The van der Waals surface area contributed by atoms with Crippen molar-refractivity contribution in [1.29, 1.82) is 0 Å². The van der Waals surface area contributed by atoms with Crippen molar-refractivity contribution >= 4 is 5.91 Å². The minimum absolute atomic E-state index is 0.141. The molecule has 6 heteroatoms. The van der Waals surface area contributed by atoms with Gasteiger partial charge >= 0.3 is 0 Å². The van der Waals surface area contributed by atoms with Crippen LogP contribution in [0.1, 0.15) is 35.2 Å². The Morgan fingerprint density at radius 1 is 1.11 bits per heavy atom. The second-order valence-electron chi connectivity index (χ2n) is 7.05. The van der Waals surface area contributed by atoms with E-state index in [0.29, 0.717) is 37.6 Å². The van der Waals surface area contributed by atoms with Gasteiger partial charge in [0, 0.05) is 25.9 Å². The monoisotopic (exact) mass is 377 g/mol. The lowest BCUT2D eigenvalue weighted by Gasteiger charge is -2.37. The summed E-state index contributed by atoms with van der Waals surface area (Å²) in [6.45, 7) is 1.29. The first-order valence-corrected chi connectivity index (χ1v) is 9.48. The molecule has 0 unspecified atom stereocenters. The fourth-order valence-corrected chi connectivity index (χ4v) is 3.32. The maximum atomic E-state index is 12.4. The highest BCUT2D eigenvalue weighted by atomic mass is 16.5. The minimum atomic E-state index is 0.141.